The molecule has 1 saturated carbocycles. The smallest absolute Gasteiger partial charge is 0.303 e. The molecule has 0 saturated heterocycles. The molecule has 1 unspecified atom stereocenters. The van der Waals surface area contributed by atoms with Crippen molar-refractivity contribution in [3.8, 4) is 0 Å². The maximum atomic E-state index is 11.0. The fourth-order valence-corrected chi connectivity index (χ4v) is 2.75. The van der Waals surface area contributed by atoms with Crippen LogP contribution in [0.4, 0.5) is 0 Å². The van der Waals surface area contributed by atoms with Gasteiger partial charge in [0.25, 0.3) is 0 Å². The van der Waals surface area contributed by atoms with Crippen LogP contribution in [0.3, 0.4) is 0 Å². The van der Waals surface area contributed by atoms with Gasteiger partial charge in [0, 0.05) is 6.92 Å². The van der Waals surface area contributed by atoms with Gasteiger partial charge in [-0.3, -0.25) is 4.79 Å². The molecule has 0 aromatic rings. The first-order valence-electron chi connectivity index (χ1n) is 5.92. The monoisotopic (exact) mass is 212 g/mol. The Bertz CT molecular complexity index is 241. The van der Waals surface area contributed by atoms with Crippen molar-refractivity contribution < 1.29 is 9.53 Å². The van der Waals surface area contributed by atoms with Gasteiger partial charge in [0.1, 0.15) is 5.60 Å². The lowest BCUT2D eigenvalue weighted by molar-refractivity contribution is -0.161. The average Bonchev–Trinajstić information content (AvgIpc) is 1.99. The molecule has 1 aliphatic carbocycles. The minimum absolute atomic E-state index is 0.164. The van der Waals surface area contributed by atoms with Crippen LogP contribution in [0.2, 0.25) is 0 Å². The second kappa shape index (κ2) is 4.15. The van der Waals surface area contributed by atoms with Crippen LogP contribution in [0.1, 0.15) is 60.3 Å². The van der Waals surface area contributed by atoms with Crippen molar-refractivity contribution in [2.45, 2.75) is 65.9 Å². The topological polar surface area (TPSA) is 26.3 Å². The summed E-state index contributed by atoms with van der Waals surface area (Å²) < 4.78 is 5.43. The molecule has 0 amide bonds. The fraction of sp³-hybridized carbons (Fsp3) is 0.923. The summed E-state index contributed by atoms with van der Waals surface area (Å²) in [6, 6.07) is 0. The lowest BCUT2D eigenvalue weighted by Gasteiger charge is -2.42. The van der Waals surface area contributed by atoms with E-state index in [1.54, 1.807) is 0 Å². The minimum atomic E-state index is -0.302. The van der Waals surface area contributed by atoms with Crippen LogP contribution in [0, 0.1) is 11.3 Å². The highest BCUT2D eigenvalue weighted by Crippen LogP contribution is 2.43. The highest BCUT2D eigenvalue weighted by atomic mass is 16.6. The van der Waals surface area contributed by atoms with Crippen molar-refractivity contribution >= 4 is 5.97 Å². The second-order valence-electron chi connectivity index (χ2n) is 6.15. The lowest BCUT2D eigenvalue weighted by atomic mass is 9.67. The van der Waals surface area contributed by atoms with Gasteiger partial charge in [-0.15, -0.1) is 0 Å². The Balaban J connectivity index is 2.66. The van der Waals surface area contributed by atoms with Crippen LogP contribution in [0.15, 0.2) is 0 Å². The van der Waals surface area contributed by atoms with Gasteiger partial charge in [-0.05, 0) is 44.4 Å². The highest BCUT2D eigenvalue weighted by molar-refractivity contribution is 5.66. The summed E-state index contributed by atoms with van der Waals surface area (Å²) in [7, 11) is 0. The molecule has 88 valence electrons. The summed E-state index contributed by atoms with van der Waals surface area (Å²) in [6.45, 7) is 10.2. The van der Waals surface area contributed by atoms with E-state index in [2.05, 4.69) is 13.8 Å². The summed E-state index contributed by atoms with van der Waals surface area (Å²) >= 11 is 0. The maximum absolute atomic E-state index is 11.0. The van der Waals surface area contributed by atoms with Crippen molar-refractivity contribution in [2.75, 3.05) is 0 Å². The molecular weight excluding hydrogens is 188 g/mol. The third-order valence-electron chi connectivity index (χ3n) is 3.60. The van der Waals surface area contributed by atoms with Gasteiger partial charge in [-0.25, -0.2) is 0 Å². The largest absolute Gasteiger partial charge is 0.460 e. The Morgan fingerprint density at radius 2 is 2.00 bits per heavy atom. The van der Waals surface area contributed by atoms with Crippen molar-refractivity contribution in [1.82, 2.24) is 0 Å². The van der Waals surface area contributed by atoms with Gasteiger partial charge in [0.2, 0.25) is 0 Å². The predicted molar refractivity (Wildman–Crippen MR) is 61.6 cm³/mol. The number of hydrogen-bond donors (Lipinski definition) is 0. The van der Waals surface area contributed by atoms with E-state index in [-0.39, 0.29) is 11.6 Å². The number of carbonyl (C=O) groups is 1. The minimum Gasteiger partial charge on any atom is -0.460 e. The number of rotatable bonds is 2. The number of hydrogen-bond acceptors (Lipinski definition) is 2. The van der Waals surface area contributed by atoms with Crippen LogP contribution in [0.25, 0.3) is 0 Å². The molecule has 1 rings (SSSR count). The molecule has 0 spiro atoms. The molecule has 2 heteroatoms. The molecule has 0 aromatic carbocycles. The van der Waals surface area contributed by atoms with Crippen LogP contribution in [-0.2, 0) is 9.53 Å². The molecule has 15 heavy (non-hydrogen) atoms. The lowest BCUT2D eigenvalue weighted by Crippen LogP contribution is -2.40. The van der Waals surface area contributed by atoms with E-state index in [0.29, 0.717) is 11.3 Å². The molecule has 2 nitrogen and oxygen atoms in total. The molecule has 0 heterocycles. The summed E-state index contributed by atoms with van der Waals surface area (Å²) in [5, 5.41) is 0. The van der Waals surface area contributed by atoms with E-state index in [9.17, 15) is 4.79 Å². The van der Waals surface area contributed by atoms with Gasteiger partial charge in [-0.2, -0.15) is 0 Å². The zero-order valence-corrected chi connectivity index (χ0v) is 10.7. The van der Waals surface area contributed by atoms with E-state index in [0.717, 1.165) is 6.42 Å². The van der Waals surface area contributed by atoms with E-state index in [1.165, 1.54) is 26.2 Å². The first kappa shape index (κ1) is 12.5. The number of esters is 1. The molecule has 1 atom stereocenters. The molecule has 0 radical (unpaired) electrons. The van der Waals surface area contributed by atoms with E-state index in [1.807, 2.05) is 13.8 Å². The Labute approximate surface area is 93.4 Å². The zero-order valence-electron chi connectivity index (χ0n) is 10.7. The quantitative estimate of drug-likeness (QED) is 0.654. The van der Waals surface area contributed by atoms with Crippen LogP contribution in [0.5, 0.6) is 0 Å². The SMILES string of the molecule is CC(=O)OC(C)(C)C1CCCC(C)(C)C1. The molecule has 1 fully saturated rings. The summed E-state index contributed by atoms with van der Waals surface area (Å²) in [5.41, 5.74) is 0.101. The number of ether oxygens (including phenoxy) is 1. The summed E-state index contributed by atoms with van der Waals surface area (Å²) in [4.78, 5) is 11.0. The molecule has 1 aliphatic rings. The van der Waals surface area contributed by atoms with E-state index < -0.39 is 0 Å². The van der Waals surface area contributed by atoms with Gasteiger partial charge in [0.05, 0.1) is 0 Å². The van der Waals surface area contributed by atoms with Gasteiger partial charge >= 0.3 is 5.97 Å². The third kappa shape index (κ3) is 3.51. The molecule has 0 aliphatic heterocycles. The highest BCUT2D eigenvalue weighted by Gasteiger charge is 2.38. The Hall–Kier alpha value is -0.530. The molecule has 0 N–H and O–H groups in total. The Kier molecular flexibility index (Phi) is 3.47. The Morgan fingerprint density at radius 1 is 1.40 bits per heavy atom. The van der Waals surface area contributed by atoms with Crippen molar-refractivity contribution in [3.63, 3.8) is 0 Å². The van der Waals surface area contributed by atoms with Crippen LogP contribution in [-0.4, -0.2) is 11.6 Å². The fourth-order valence-electron chi connectivity index (χ4n) is 2.75. The van der Waals surface area contributed by atoms with Crippen LogP contribution < -0.4 is 0 Å². The van der Waals surface area contributed by atoms with Crippen molar-refractivity contribution in [2.24, 2.45) is 11.3 Å². The second-order valence-corrected chi connectivity index (χ2v) is 6.15. The van der Waals surface area contributed by atoms with E-state index >= 15 is 0 Å². The zero-order chi connectivity index (χ0) is 11.7. The molecular formula is C13H24O2. The predicted octanol–water partition coefficient (Wildman–Crippen LogP) is 3.54. The van der Waals surface area contributed by atoms with Gasteiger partial charge < -0.3 is 4.74 Å². The number of carbonyl (C=O) groups excluding carboxylic acids is 1. The van der Waals surface area contributed by atoms with Gasteiger partial charge in [-0.1, -0.05) is 20.3 Å². The van der Waals surface area contributed by atoms with Gasteiger partial charge in [0.15, 0.2) is 0 Å². The summed E-state index contributed by atoms with van der Waals surface area (Å²) in [5.74, 6) is 0.341. The Morgan fingerprint density at radius 3 is 2.47 bits per heavy atom. The molecule has 0 aromatic heterocycles. The average molecular weight is 212 g/mol. The third-order valence-corrected chi connectivity index (χ3v) is 3.60. The maximum Gasteiger partial charge on any atom is 0.303 e. The standard InChI is InChI=1S/C13H24O2/c1-10(14)15-13(4,5)11-7-6-8-12(2,3)9-11/h11H,6-9H2,1-5H3. The first-order chi connectivity index (χ1) is 6.73. The molecule has 0 bridgehead atoms. The first-order valence-corrected chi connectivity index (χ1v) is 5.92. The van der Waals surface area contributed by atoms with E-state index in [4.69, 9.17) is 4.74 Å². The summed E-state index contributed by atoms with van der Waals surface area (Å²) in [6.07, 6.45) is 4.89. The van der Waals surface area contributed by atoms with Crippen molar-refractivity contribution in [1.29, 1.82) is 0 Å². The van der Waals surface area contributed by atoms with Crippen molar-refractivity contribution in [3.05, 3.63) is 0 Å². The van der Waals surface area contributed by atoms with Crippen LogP contribution >= 0.6 is 0 Å². The normalized spacial score (nSPS) is 26.1.